The fourth-order valence-electron chi connectivity index (χ4n) is 3.16. The summed E-state index contributed by atoms with van der Waals surface area (Å²) in [4.78, 5) is 29.4. The number of rotatable bonds is 2. The van der Waals surface area contributed by atoms with Crippen LogP contribution in [0.15, 0.2) is 39.0 Å². The Bertz CT molecular complexity index is 1170. The van der Waals surface area contributed by atoms with E-state index in [1.165, 1.54) is 23.7 Å². The van der Waals surface area contributed by atoms with Crippen LogP contribution in [0.1, 0.15) is 12.5 Å². The predicted molar refractivity (Wildman–Crippen MR) is 96.2 cm³/mol. The minimum absolute atomic E-state index is 0.307. The number of imidazole rings is 1. The number of hydrogen-bond acceptors (Lipinski definition) is 5. The molecule has 0 aliphatic carbocycles. The molecule has 4 rings (SSSR count). The van der Waals surface area contributed by atoms with Gasteiger partial charge in [-0.15, -0.1) is 0 Å². The van der Waals surface area contributed by atoms with Crippen molar-refractivity contribution in [2.75, 3.05) is 11.6 Å². The zero-order chi connectivity index (χ0) is 18.6. The van der Waals surface area contributed by atoms with Crippen LogP contribution in [0.5, 0.6) is 0 Å². The summed E-state index contributed by atoms with van der Waals surface area (Å²) in [5.74, 6) is 0.182. The molecule has 9 heteroatoms. The van der Waals surface area contributed by atoms with E-state index in [0.29, 0.717) is 35.9 Å². The van der Waals surface area contributed by atoms with Gasteiger partial charge in [0.1, 0.15) is 5.82 Å². The average Bonchev–Trinajstić information content (AvgIpc) is 3.04. The summed E-state index contributed by atoms with van der Waals surface area (Å²) in [6.45, 7) is 2.75. The van der Waals surface area contributed by atoms with Crippen LogP contribution < -0.4 is 16.3 Å². The fourth-order valence-corrected chi connectivity index (χ4v) is 3.16. The van der Waals surface area contributed by atoms with E-state index in [1.807, 2.05) is 6.92 Å². The molecule has 0 N–H and O–H groups in total. The normalized spacial score (nSPS) is 13.8. The second-order valence-corrected chi connectivity index (χ2v) is 6.15. The highest BCUT2D eigenvalue weighted by Gasteiger charge is 2.27. The highest BCUT2D eigenvalue weighted by Crippen LogP contribution is 2.25. The molecule has 1 aliphatic heterocycles. The molecule has 0 fully saturated rings. The maximum Gasteiger partial charge on any atom is 0.332 e. The highest BCUT2D eigenvalue weighted by atomic mass is 19.1. The summed E-state index contributed by atoms with van der Waals surface area (Å²) in [6, 6.07) is 6.05. The molecule has 0 radical (unpaired) electrons. The van der Waals surface area contributed by atoms with E-state index < -0.39 is 11.2 Å². The lowest BCUT2D eigenvalue weighted by Gasteiger charge is -2.25. The fraction of sp³-hybridized carbons (Fsp3) is 0.294. The van der Waals surface area contributed by atoms with Gasteiger partial charge in [0.15, 0.2) is 11.2 Å². The summed E-state index contributed by atoms with van der Waals surface area (Å²) < 4.78 is 17.4. The van der Waals surface area contributed by atoms with Gasteiger partial charge in [-0.05, 0) is 24.6 Å². The minimum Gasteiger partial charge on any atom is -0.297 e. The van der Waals surface area contributed by atoms with Crippen LogP contribution in [0.25, 0.3) is 11.2 Å². The molecule has 8 nitrogen and oxygen atoms in total. The molecule has 1 aromatic carbocycles. The van der Waals surface area contributed by atoms with Crippen LogP contribution in [0, 0.1) is 5.82 Å². The molecule has 0 amide bonds. The summed E-state index contributed by atoms with van der Waals surface area (Å²) in [6.07, 6.45) is 0. The predicted octanol–water partition coefficient (Wildman–Crippen LogP) is 0.817. The first-order valence-electron chi connectivity index (χ1n) is 8.19. The number of nitrogens with zero attached hydrogens (tertiary/aromatic N) is 6. The Morgan fingerprint density at radius 2 is 1.81 bits per heavy atom. The van der Waals surface area contributed by atoms with Crippen molar-refractivity contribution in [1.29, 1.82) is 0 Å². The number of aromatic nitrogens is 4. The van der Waals surface area contributed by atoms with Gasteiger partial charge in [0.05, 0.1) is 12.3 Å². The number of aryl methyl sites for hydroxylation is 1. The topological polar surface area (TPSA) is 77.4 Å². The second kappa shape index (κ2) is 5.65. The van der Waals surface area contributed by atoms with Crippen molar-refractivity contribution in [1.82, 2.24) is 18.7 Å². The van der Waals surface area contributed by atoms with Crippen LogP contribution in [-0.2, 0) is 20.6 Å². The standard InChI is InChI=1S/C17H17FN6O2/c1-4-24-16-19-14-13(15(25)22(3)17(26)21(14)2)23(16)9-12(20-24)10-5-7-11(18)8-6-10/h5-8H,4,9H2,1-3H3. The van der Waals surface area contributed by atoms with Crippen molar-refractivity contribution in [3.8, 4) is 0 Å². The zero-order valence-corrected chi connectivity index (χ0v) is 14.6. The Hall–Kier alpha value is -3.23. The van der Waals surface area contributed by atoms with Crippen LogP contribution in [0.4, 0.5) is 10.3 Å². The van der Waals surface area contributed by atoms with E-state index in [1.54, 1.807) is 28.8 Å². The lowest BCUT2D eigenvalue weighted by molar-refractivity contribution is 0.627. The maximum absolute atomic E-state index is 13.2. The van der Waals surface area contributed by atoms with E-state index in [9.17, 15) is 14.0 Å². The Balaban J connectivity index is 1.97. The molecule has 0 bridgehead atoms. The van der Waals surface area contributed by atoms with Crippen LogP contribution in [0.2, 0.25) is 0 Å². The molecule has 0 spiro atoms. The van der Waals surface area contributed by atoms with Gasteiger partial charge in [-0.2, -0.15) is 10.1 Å². The Morgan fingerprint density at radius 3 is 2.46 bits per heavy atom. The molecule has 0 saturated carbocycles. The number of halogens is 1. The lowest BCUT2D eigenvalue weighted by atomic mass is 10.1. The molecule has 0 atom stereocenters. The first-order chi connectivity index (χ1) is 12.4. The van der Waals surface area contributed by atoms with E-state index in [4.69, 9.17) is 0 Å². The first-order valence-corrected chi connectivity index (χ1v) is 8.19. The van der Waals surface area contributed by atoms with Gasteiger partial charge in [-0.1, -0.05) is 12.1 Å². The van der Waals surface area contributed by atoms with Crippen molar-refractivity contribution >= 4 is 22.8 Å². The molecule has 134 valence electrons. The van der Waals surface area contributed by atoms with Gasteiger partial charge in [-0.3, -0.25) is 18.5 Å². The quantitative estimate of drug-likeness (QED) is 0.681. The molecular formula is C17H17FN6O2. The van der Waals surface area contributed by atoms with Crippen molar-refractivity contribution in [2.24, 2.45) is 19.2 Å². The maximum atomic E-state index is 13.2. The Kier molecular flexibility index (Phi) is 3.53. The van der Waals surface area contributed by atoms with Gasteiger partial charge in [0, 0.05) is 20.6 Å². The highest BCUT2D eigenvalue weighted by molar-refractivity contribution is 6.02. The zero-order valence-electron chi connectivity index (χ0n) is 14.6. The van der Waals surface area contributed by atoms with Crippen LogP contribution in [0.3, 0.4) is 0 Å². The SMILES string of the molecule is CCN1N=C(c2ccc(F)cc2)Cn2c1nc1c2c(=O)n(C)c(=O)n1C. The van der Waals surface area contributed by atoms with Gasteiger partial charge in [0.25, 0.3) is 5.56 Å². The number of hydrogen-bond donors (Lipinski definition) is 0. The molecule has 1 aliphatic rings. The number of hydrazone groups is 1. The molecule has 0 saturated heterocycles. The lowest BCUT2D eigenvalue weighted by Crippen LogP contribution is -2.38. The van der Waals surface area contributed by atoms with Gasteiger partial charge in [0.2, 0.25) is 5.95 Å². The van der Waals surface area contributed by atoms with E-state index in [-0.39, 0.29) is 5.82 Å². The third kappa shape index (κ3) is 2.20. The average molecular weight is 356 g/mol. The van der Waals surface area contributed by atoms with Gasteiger partial charge < -0.3 is 0 Å². The molecular weight excluding hydrogens is 339 g/mol. The third-order valence-corrected chi connectivity index (χ3v) is 4.58. The number of anilines is 1. The van der Waals surface area contributed by atoms with Crippen LogP contribution >= 0.6 is 0 Å². The van der Waals surface area contributed by atoms with E-state index >= 15 is 0 Å². The van der Waals surface area contributed by atoms with Crippen molar-refractivity contribution in [2.45, 2.75) is 13.5 Å². The molecule has 3 heterocycles. The van der Waals surface area contributed by atoms with E-state index in [2.05, 4.69) is 10.1 Å². The Labute approximate surface area is 147 Å². The summed E-state index contributed by atoms with van der Waals surface area (Å²) in [7, 11) is 3.03. The van der Waals surface area contributed by atoms with Crippen molar-refractivity contribution in [3.63, 3.8) is 0 Å². The Morgan fingerprint density at radius 1 is 1.12 bits per heavy atom. The minimum atomic E-state index is -0.430. The third-order valence-electron chi connectivity index (χ3n) is 4.58. The van der Waals surface area contributed by atoms with E-state index in [0.717, 1.165) is 10.1 Å². The summed E-state index contributed by atoms with van der Waals surface area (Å²) >= 11 is 0. The monoisotopic (exact) mass is 356 g/mol. The molecule has 0 unspecified atom stereocenters. The number of fused-ring (bicyclic) bond motifs is 3. The first kappa shape index (κ1) is 16.2. The largest absolute Gasteiger partial charge is 0.332 e. The molecule has 26 heavy (non-hydrogen) atoms. The smallest absolute Gasteiger partial charge is 0.297 e. The van der Waals surface area contributed by atoms with Gasteiger partial charge >= 0.3 is 5.69 Å². The summed E-state index contributed by atoms with van der Waals surface area (Å²) in [5.41, 5.74) is 1.28. The molecule has 3 aromatic rings. The van der Waals surface area contributed by atoms with Crippen molar-refractivity contribution in [3.05, 3.63) is 56.5 Å². The summed E-state index contributed by atoms with van der Waals surface area (Å²) in [5, 5.41) is 6.26. The number of benzene rings is 1. The second-order valence-electron chi connectivity index (χ2n) is 6.15. The molecule has 2 aromatic heterocycles. The van der Waals surface area contributed by atoms with Crippen LogP contribution in [-0.4, -0.2) is 30.9 Å². The van der Waals surface area contributed by atoms with Crippen molar-refractivity contribution < 1.29 is 4.39 Å². The van der Waals surface area contributed by atoms with Gasteiger partial charge in [-0.25, -0.2) is 14.2 Å².